The van der Waals surface area contributed by atoms with Gasteiger partial charge in [-0.25, -0.2) is 0 Å². The second-order valence-electron chi connectivity index (χ2n) is 2.13. The number of hydrogen-bond donors (Lipinski definition) is 0. The fourth-order valence-corrected chi connectivity index (χ4v) is 2.42. The van der Waals surface area contributed by atoms with E-state index in [1.807, 2.05) is 6.08 Å². The van der Waals surface area contributed by atoms with E-state index in [0.717, 1.165) is 5.39 Å². The molecule has 0 heterocycles. The fourth-order valence-electron chi connectivity index (χ4n) is 0.829. The zero-order valence-corrected chi connectivity index (χ0v) is 7.18. The molecule has 0 saturated heterocycles. The molecule has 1 aliphatic carbocycles. The summed E-state index contributed by atoms with van der Waals surface area (Å²) < 4.78 is 0. The van der Waals surface area contributed by atoms with Gasteiger partial charge in [-0.15, -0.1) is 0 Å². The Balaban J connectivity index is 2.40. The quantitative estimate of drug-likeness (QED) is 0.462. The summed E-state index contributed by atoms with van der Waals surface area (Å²) in [6.07, 6.45) is 10.8. The minimum atomic E-state index is 0.337. The molecule has 1 rings (SSSR count). The first kappa shape index (κ1) is 7.82. The topological polar surface area (TPSA) is 0 Å². The molecule has 0 amide bonds. The summed E-state index contributed by atoms with van der Waals surface area (Å²) in [7, 11) is 0. The second kappa shape index (κ2) is 3.78. The van der Waals surface area contributed by atoms with Crippen LogP contribution in [0, 0.1) is 0 Å². The Morgan fingerprint density at radius 2 is 2.10 bits per heavy atom. The summed E-state index contributed by atoms with van der Waals surface area (Å²) >= 11 is 0.337. The van der Waals surface area contributed by atoms with Crippen molar-refractivity contribution in [3.63, 3.8) is 0 Å². The molecular formula is C9H13Ni. The van der Waals surface area contributed by atoms with E-state index in [0.29, 0.717) is 18.3 Å². The molecule has 0 atom stereocenters. The Hall–Kier alpha value is -0.286. The van der Waals surface area contributed by atoms with Crippen molar-refractivity contribution in [3.8, 4) is 0 Å². The van der Waals surface area contributed by atoms with Crippen molar-refractivity contribution in [2.75, 3.05) is 0 Å². The molecule has 59 valence electrons. The van der Waals surface area contributed by atoms with Gasteiger partial charge in [0.15, 0.2) is 0 Å². The Morgan fingerprint density at radius 1 is 1.50 bits per heavy atom. The molecular weight excluding hydrogens is 167 g/mol. The SMILES string of the molecule is C=C[CH2][Ni]([CH3])[CH]1C=CC=C1. The van der Waals surface area contributed by atoms with E-state index in [1.54, 1.807) is 0 Å². The van der Waals surface area contributed by atoms with Crippen molar-refractivity contribution in [2.24, 2.45) is 0 Å². The Kier molecular flexibility index (Phi) is 2.95. The van der Waals surface area contributed by atoms with Crippen molar-refractivity contribution < 1.29 is 13.4 Å². The number of hydrogen-bond acceptors (Lipinski definition) is 0. The van der Waals surface area contributed by atoms with Crippen LogP contribution in [0.2, 0.25) is 16.2 Å². The van der Waals surface area contributed by atoms with Crippen molar-refractivity contribution in [2.45, 2.75) is 16.2 Å². The second-order valence-corrected chi connectivity index (χ2v) is 4.86. The third-order valence-corrected chi connectivity index (χ3v) is 3.76. The molecule has 1 aliphatic rings. The van der Waals surface area contributed by atoms with Gasteiger partial charge in [-0.2, -0.15) is 0 Å². The normalized spacial score (nSPS) is 17.9. The van der Waals surface area contributed by atoms with Crippen LogP contribution >= 0.6 is 0 Å². The van der Waals surface area contributed by atoms with E-state index in [9.17, 15) is 0 Å². The average molecular weight is 180 g/mol. The zero-order valence-electron chi connectivity index (χ0n) is 6.19. The summed E-state index contributed by atoms with van der Waals surface area (Å²) in [6.45, 7) is 3.73. The van der Waals surface area contributed by atoms with E-state index in [2.05, 4.69) is 36.8 Å². The molecule has 0 saturated carbocycles. The van der Waals surface area contributed by atoms with Crippen molar-refractivity contribution >= 4 is 0 Å². The van der Waals surface area contributed by atoms with Gasteiger partial charge in [-0.1, -0.05) is 0 Å². The number of rotatable bonds is 3. The zero-order chi connectivity index (χ0) is 7.40. The van der Waals surface area contributed by atoms with E-state index >= 15 is 0 Å². The van der Waals surface area contributed by atoms with Gasteiger partial charge in [0.1, 0.15) is 0 Å². The van der Waals surface area contributed by atoms with Gasteiger partial charge in [0.2, 0.25) is 0 Å². The van der Waals surface area contributed by atoms with Crippen LogP contribution in [-0.2, 0) is 13.4 Å². The average Bonchev–Trinajstić information content (AvgIpc) is 2.38. The molecule has 0 aromatic heterocycles. The third-order valence-electron chi connectivity index (χ3n) is 1.33. The summed E-state index contributed by atoms with van der Waals surface area (Å²) in [5.41, 5.74) is 0. The van der Waals surface area contributed by atoms with E-state index in [1.165, 1.54) is 0 Å². The van der Waals surface area contributed by atoms with E-state index < -0.39 is 0 Å². The Bertz CT molecular complexity index is 156. The molecule has 0 aromatic rings. The Labute approximate surface area is 67.0 Å². The number of allylic oxidation sites excluding steroid dienone is 5. The summed E-state index contributed by atoms with van der Waals surface area (Å²) in [5, 5.41) is 1.15. The van der Waals surface area contributed by atoms with Gasteiger partial charge in [0.05, 0.1) is 0 Å². The molecule has 10 heavy (non-hydrogen) atoms. The first-order valence-corrected chi connectivity index (χ1v) is 5.46. The summed E-state index contributed by atoms with van der Waals surface area (Å²) in [6, 6.07) is 0. The molecule has 0 aliphatic heterocycles. The summed E-state index contributed by atoms with van der Waals surface area (Å²) in [4.78, 5) is 0.693. The predicted molar refractivity (Wildman–Crippen MR) is 42.9 cm³/mol. The van der Waals surface area contributed by atoms with Gasteiger partial charge < -0.3 is 0 Å². The standard InChI is InChI=1S/C5H5.C3H5.CH3.Ni/c1-2-4-5-3-1;1-3-2;;/h1-5H;3H,1-2H2;1H3;. The summed E-state index contributed by atoms with van der Waals surface area (Å²) in [5.74, 6) is 2.30. The van der Waals surface area contributed by atoms with Crippen LogP contribution in [0.5, 0.6) is 0 Å². The van der Waals surface area contributed by atoms with Crippen LogP contribution in [0.25, 0.3) is 0 Å². The molecule has 0 spiro atoms. The molecule has 0 radical (unpaired) electrons. The third kappa shape index (κ3) is 1.85. The van der Waals surface area contributed by atoms with Crippen molar-refractivity contribution in [1.29, 1.82) is 0 Å². The van der Waals surface area contributed by atoms with Crippen LogP contribution in [0.4, 0.5) is 0 Å². The van der Waals surface area contributed by atoms with Crippen LogP contribution in [-0.4, -0.2) is 0 Å². The molecule has 0 nitrogen and oxygen atoms in total. The molecule has 0 N–H and O–H groups in total. The first-order chi connectivity index (χ1) is 4.84. The van der Waals surface area contributed by atoms with Gasteiger partial charge >= 0.3 is 66.5 Å². The van der Waals surface area contributed by atoms with Crippen LogP contribution < -0.4 is 0 Å². The van der Waals surface area contributed by atoms with E-state index in [-0.39, 0.29) is 0 Å². The maximum atomic E-state index is 3.73. The molecule has 0 fully saturated rings. The first-order valence-electron chi connectivity index (χ1n) is 3.21. The van der Waals surface area contributed by atoms with Crippen LogP contribution in [0.3, 0.4) is 0 Å². The van der Waals surface area contributed by atoms with Crippen LogP contribution in [0.1, 0.15) is 0 Å². The Morgan fingerprint density at radius 3 is 2.60 bits per heavy atom. The predicted octanol–water partition coefficient (Wildman–Crippen LogP) is 3.17. The van der Waals surface area contributed by atoms with Crippen molar-refractivity contribution in [3.05, 3.63) is 37.0 Å². The van der Waals surface area contributed by atoms with Gasteiger partial charge in [0, 0.05) is 0 Å². The molecule has 1 heteroatoms. The van der Waals surface area contributed by atoms with E-state index in [4.69, 9.17) is 0 Å². The fraction of sp³-hybridized carbons (Fsp3) is 0.333. The monoisotopic (exact) mass is 179 g/mol. The molecule has 0 unspecified atom stereocenters. The van der Waals surface area contributed by atoms with Gasteiger partial charge in [-0.05, 0) is 0 Å². The molecule has 0 aromatic carbocycles. The van der Waals surface area contributed by atoms with Gasteiger partial charge in [0.25, 0.3) is 0 Å². The minimum absolute atomic E-state index is 0.337. The maximum absolute atomic E-state index is 3.73. The van der Waals surface area contributed by atoms with Crippen molar-refractivity contribution in [1.82, 2.24) is 0 Å². The van der Waals surface area contributed by atoms with Crippen LogP contribution in [0.15, 0.2) is 37.0 Å². The molecule has 0 bridgehead atoms. The van der Waals surface area contributed by atoms with Gasteiger partial charge in [-0.3, -0.25) is 0 Å².